The SMILES string of the molecule is COc1cc(N)ccc1S(=O)(=O)NCc1ccccc1Br. The van der Waals surface area contributed by atoms with Gasteiger partial charge in [-0.3, -0.25) is 0 Å². The maximum Gasteiger partial charge on any atom is 0.244 e. The minimum absolute atomic E-state index is 0.0613. The predicted molar refractivity (Wildman–Crippen MR) is 85.6 cm³/mol. The molecule has 5 nitrogen and oxygen atoms in total. The summed E-state index contributed by atoms with van der Waals surface area (Å²) in [7, 11) is -2.28. The van der Waals surface area contributed by atoms with Crippen LogP contribution < -0.4 is 15.2 Å². The third-order valence-electron chi connectivity index (χ3n) is 2.89. The topological polar surface area (TPSA) is 81.4 Å². The number of rotatable bonds is 5. The molecule has 0 amide bonds. The zero-order chi connectivity index (χ0) is 15.5. The molecule has 21 heavy (non-hydrogen) atoms. The fourth-order valence-electron chi connectivity index (χ4n) is 1.80. The molecule has 2 aromatic rings. The molecule has 0 unspecified atom stereocenters. The van der Waals surface area contributed by atoms with E-state index in [0.29, 0.717) is 5.69 Å². The van der Waals surface area contributed by atoms with Gasteiger partial charge in [0.2, 0.25) is 10.0 Å². The Morgan fingerprint density at radius 3 is 2.62 bits per heavy atom. The lowest BCUT2D eigenvalue weighted by Crippen LogP contribution is -2.24. The summed E-state index contributed by atoms with van der Waals surface area (Å²) in [6, 6.07) is 11.8. The second-order valence-electron chi connectivity index (χ2n) is 4.33. The summed E-state index contributed by atoms with van der Waals surface area (Å²) in [5.74, 6) is 0.217. The first kappa shape index (κ1) is 15.8. The van der Waals surface area contributed by atoms with E-state index in [1.165, 1.54) is 25.3 Å². The van der Waals surface area contributed by atoms with Crippen LogP contribution >= 0.6 is 15.9 Å². The van der Waals surface area contributed by atoms with E-state index < -0.39 is 10.0 Å². The van der Waals surface area contributed by atoms with Crippen molar-refractivity contribution in [2.75, 3.05) is 12.8 Å². The van der Waals surface area contributed by atoms with Gasteiger partial charge in [-0.15, -0.1) is 0 Å². The molecule has 0 atom stereocenters. The summed E-state index contributed by atoms with van der Waals surface area (Å²) in [6.07, 6.45) is 0. The highest BCUT2D eigenvalue weighted by Gasteiger charge is 2.19. The molecule has 0 bridgehead atoms. The van der Waals surface area contributed by atoms with Crippen LogP contribution in [0.4, 0.5) is 5.69 Å². The van der Waals surface area contributed by atoms with Crippen molar-refractivity contribution in [2.45, 2.75) is 11.4 Å². The van der Waals surface area contributed by atoms with Crippen LogP contribution in [-0.4, -0.2) is 15.5 Å². The van der Waals surface area contributed by atoms with Gasteiger partial charge in [0.05, 0.1) is 7.11 Å². The standard InChI is InChI=1S/C14H15BrN2O3S/c1-20-13-8-11(16)6-7-14(13)21(18,19)17-9-10-4-2-3-5-12(10)15/h2-8,17H,9,16H2,1H3. The summed E-state index contributed by atoms with van der Waals surface area (Å²) in [5.41, 5.74) is 6.91. The van der Waals surface area contributed by atoms with Crippen molar-refractivity contribution in [3.8, 4) is 5.75 Å². The molecule has 0 aliphatic heterocycles. The number of anilines is 1. The fourth-order valence-corrected chi connectivity index (χ4v) is 3.38. The summed E-state index contributed by atoms with van der Waals surface area (Å²) in [6.45, 7) is 0.178. The number of halogens is 1. The first-order valence-corrected chi connectivity index (χ1v) is 8.38. The van der Waals surface area contributed by atoms with Crippen LogP contribution in [-0.2, 0) is 16.6 Å². The van der Waals surface area contributed by atoms with Gasteiger partial charge in [-0.2, -0.15) is 0 Å². The number of methoxy groups -OCH3 is 1. The number of sulfonamides is 1. The molecule has 112 valence electrons. The van der Waals surface area contributed by atoms with E-state index >= 15 is 0 Å². The Balaban J connectivity index is 2.25. The lowest BCUT2D eigenvalue weighted by molar-refractivity contribution is 0.402. The first-order chi connectivity index (χ1) is 9.94. The van der Waals surface area contributed by atoms with Gasteiger partial charge in [0.15, 0.2) is 0 Å². The highest BCUT2D eigenvalue weighted by atomic mass is 79.9. The lowest BCUT2D eigenvalue weighted by Gasteiger charge is -2.12. The molecule has 2 aromatic carbocycles. The highest BCUT2D eigenvalue weighted by molar-refractivity contribution is 9.10. The molecular weight excluding hydrogens is 356 g/mol. The lowest BCUT2D eigenvalue weighted by atomic mass is 10.2. The largest absolute Gasteiger partial charge is 0.495 e. The van der Waals surface area contributed by atoms with E-state index in [4.69, 9.17) is 10.5 Å². The number of nitrogens with two attached hydrogens (primary N) is 1. The summed E-state index contributed by atoms with van der Waals surface area (Å²) in [4.78, 5) is 0.0613. The van der Waals surface area contributed by atoms with Crippen LogP contribution in [0.15, 0.2) is 51.8 Å². The van der Waals surface area contributed by atoms with Gasteiger partial charge in [-0.25, -0.2) is 13.1 Å². The van der Waals surface area contributed by atoms with Crippen LogP contribution in [0.3, 0.4) is 0 Å². The average molecular weight is 371 g/mol. The van der Waals surface area contributed by atoms with Gasteiger partial charge in [-0.05, 0) is 23.8 Å². The van der Waals surface area contributed by atoms with Crippen molar-refractivity contribution in [3.05, 3.63) is 52.5 Å². The number of benzene rings is 2. The fraction of sp³-hybridized carbons (Fsp3) is 0.143. The Kier molecular flexibility index (Phi) is 4.87. The minimum atomic E-state index is -3.69. The Bertz CT molecular complexity index is 748. The number of hydrogen-bond donors (Lipinski definition) is 2. The second-order valence-corrected chi connectivity index (χ2v) is 6.92. The molecular formula is C14H15BrN2O3S. The van der Waals surface area contributed by atoms with Crippen molar-refractivity contribution in [1.29, 1.82) is 0 Å². The predicted octanol–water partition coefficient (Wildman–Crippen LogP) is 2.52. The van der Waals surface area contributed by atoms with Gasteiger partial charge in [0.1, 0.15) is 10.6 Å². The van der Waals surface area contributed by atoms with Gasteiger partial charge in [-0.1, -0.05) is 34.1 Å². The van der Waals surface area contributed by atoms with E-state index in [9.17, 15) is 8.42 Å². The van der Waals surface area contributed by atoms with E-state index in [1.54, 1.807) is 0 Å². The number of nitrogens with one attached hydrogen (secondary N) is 1. The number of nitrogen functional groups attached to an aromatic ring is 1. The third kappa shape index (κ3) is 3.75. The summed E-state index contributed by atoms with van der Waals surface area (Å²) >= 11 is 3.38. The van der Waals surface area contributed by atoms with E-state index in [-0.39, 0.29) is 17.2 Å². The molecule has 0 heterocycles. The molecule has 0 aliphatic carbocycles. The molecule has 0 spiro atoms. The Morgan fingerprint density at radius 1 is 1.24 bits per heavy atom. The van der Waals surface area contributed by atoms with Crippen molar-refractivity contribution < 1.29 is 13.2 Å². The van der Waals surface area contributed by atoms with Gasteiger partial charge < -0.3 is 10.5 Å². The normalized spacial score (nSPS) is 11.3. The Hall–Kier alpha value is -1.57. The zero-order valence-electron chi connectivity index (χ0n) is 11.3. The monoisotopic (exact) mass is 370 g/mol. The average Bonchev–Trinajstić information content (AvgIpc) is 2.46. The molecule has 0 aromatic heterocycles. The van der Waals surface area contributed by atoms with Crippen LogP contribution in [0.2, 0.25) is 0 Å². The number of ether oxygens (including phenoxy) is 1. The maximum atomic E-state index is 12.4. The smallest absolute Gasteiger partial charge is 0.244 e. The maximum absolute atomic E-state index is 12.4. The molecule has 7 heteroatoms. The molecule has 0 radical (unpaired) electrons. The van der Waals surface area contributed by atoms with Crippen molar-refractivity contribution >= 4 is 31.6 Å². The Morgan fingerprint density at radius 2 is 1.95 bits per heavy atom. The second kappa shape index (κ2) is 6.46. The van der Waals surface area contributed by atoms with Crippen molar-refractivity contribution in [3.63, 3.8) is 0 Å². The summed E-state index contributed by atoms with van der Waals surface area (Å²) in [5, 5.41) is 0. The molecule has 0 fully saturated rings. The van der Waals surface area contributed by atoms with Crippen LogP contribution in [0, 0.1) is 0 Å². The first-order valence-electron chi connectivity index (χ1n) is 6.10. The molecule has 0 saturated heterocycles. The minimum Gasteiger partial charge on any atom is -0.495 e. The summed E-state index contributed by atoms with van der Waals surface area (Å²) < 4.78 is 33.2. The zero-order valence-corrected chi connectivity index (χ0v) is 13.7. The Labute approximate surface area is 132 Å². The van der Waals surface area contributed by atoms with Gasteiger partial charge in [0.25, 0.3) is 0 Å². The van der Waals surface area contributed by atoms with Gasteiger partial charge in [0, 0.05) is 22.8 Å². The van der Waals surface area contributed by atoms with Crippen molar-refractivity contribution in [1.82, 2.24) is 4.72 Å². The van der Waals surface area contributed by atoms with E-state index in [0.717, 1.165) is 10.0 Å². The van der Waals surface area contributed by atoms with Crippen LogP contribution in [0.5, 0.6) is 5.75 Å². The quantitative estimate of drug-likeness (QED) is 0.792. The van der Waals surface area contributed by atoms with E-state index in [2.05, 4.69) is 20.7 Å². The molecule has 0 aliphatic rings. The highest BCUT2D eigenvalue weighted by Crippen LogP contribution is 2.26. The number of hydrogen-bond acceptors (Lipinski definition) is 4. The molecule has 3 N–H and O–H groups in total. The van der Waals surface area contributed by atoms with Gasteiger partial charge >= 0.3 is 0 Å². The van der Waals surface area contributed by atoms with Crippen LogP contribution in [0.25, 0.3) is 0 Å². The molecule has 2 rings (SSSR count). The van der Waals surface area contributed by atoms with E-state index in [1.807, 2.05) is 24.3 Å². The third-order valence-corrected chi connectivity index (χ3v) is 5.10. The molecule has 0 saturated carbocycles. The van der Waals surface area contributed by atoms with Crippen molar-refractivity contribution in [2.24, 2.45) is 0 Å². The van der Waals surface area contributed by atoms with Crippen LogP contribution in [0.1, 0.15) is 5.56 Å².